The maximum Gasteiger partial charge on any atom is 0.356 e. The lowest BCUT2D eigenvalue weighted by Crippen LogP contribution is -2.25. The van der Waals surface area contributed by atoms with Gasteiger partial charge in [0.1, 0.15) is 5.69 Å². The lowest BCUT2D eigenvalue weighted by Gasteiger charge is -2.18. The Morgan fingerprint density at radius 1 is 1.65 bits per heavy atom. The first-order valence-corrected chi connectivity index (χ1v) is 6.22. The minimum Gasteiger partial charge on any atom is -0.461 e. The summed E-state index contributed by atoms with van der Waals surface area (Å²) in [5.74, 6) is -0.283. The molecule has 0 spiro atoms. The highest BCUT2D eigenvalue weighted by Crippen LogP contribution is 2.19. The fraction of sp³-hybridized carbons (Fsp3) is 0.667. The summed E-state index contributed by atoms with van der Waals surface area (Å²) in [4.78, 5) is 15.8. The molecule has 1 aliphatic heterocycles. The zero-order chi connectivity index (χ0) is 12.1. The van der Waals surface area contributed by atoms with Crippen LogP contribution in [0.15, 0.2) is 12.5 Å². The van der Waals surface area contributed by atoms with Crippen molar-refractivity contribution in [3.05, 3.63) is 18.2 Å². The Morgan fingerprint density at radius 3 is 3.35 bits per heavy atom. The van der Waals surface area contributed by atoms with E-state index in [-0.39, 0.29) is 5.97 Å². The molecule has 0 amide bonds. The van der Waals surface area contributed by atoms with Crippen molar-refractivity contribution in [2.24, 2.45) is 0 Å². The third-order valence-electron chi connectivity index (χ3n) is 3.06. The molecule has 1 aromatic rings. The highest BCUT2D eigenvalue weighted by molar-refractivity contribution is 5.87. The maximum absolute atomic E-state index is 11.8. The monoisotopic (exact) mass is 237 g/mol. The van der Waals surface area contributed by atoms with Gasteiger partial charge in [0.15, 0.2) is 0 Å². The van der Waals surface area contributed by atoms with Crippen LogP contribution in [0, 0.1) is 0 Å². The van der Waals surface area contributed by atoms with Crippen LogP contribution >= 0.6 is 0 Å². The number of carbonyl (C=O) groups excluding carboxylic acids is 1. The molecule has 0 radical (unpaired) electrons. The van der Waals surface area contributed by atoms with Gasteiger partial charge in [-0.2, -0.15) is 0 Å². The Kier molecular flexibility index (Phi) is 4.14. The zero-order valence-corrected chi connectivity index (χ0v) is 10.2. The normalized spacial score (nSPS) is 20.9. The van der Waals surface area contributed by atoms with Crippen molar-refractivity contribution >= 4 is 5.97 Å². The number of ether oxygens (including phenoxy) is 1. The Labute approximate surface area is 101 Å². The first kappa shape index (κ1) is 12.1. The quantitative estimate of drug-likeness (QED) is 0.807. The summed E-state index contributed by atoms with van der Waals surface area (Å²) in [6.07, 6.45) is 6.76. The van der Waals surface area contributed by atoms with Gasteiger partial charge in [0.25, 0.3) is 0 Å². The number of aromatic nitrogens is 2. The molecule has 0 saturated carbocycles. The predicted molar refractivity (Wildman–Crippen MR) is 63.9 cm³/mol. The summed E-state index contributed by atoms with van der Waals surface area (Å²) >= 11 is 0. The van der Waals surface area contributed by atoms with Crippen molar-refractivity contribution in [1.29, 1.82) is 0 Å². The molecular formula is C12H19N3O2. The van der Waals surface area contributed by atoms with E-state index in [2.05, 4.69) is 10.3 Å². The minimum atomic E-state index is -0.283. The molecule has 1 unspecified atom stereocenters. The van der Waals surface area contributed by atoms with E-state index in [1.54, 1.807) is 12.5 Å². The fourth-order valence-electron chi connectivity index (χ4n) is 2.20. The van der Waals surface area contributed by atoms with Crippen LogP contribution in [-0.2, 0) is 4.74 Å². The van der Waals surface area contributed by atoms with Gasteiger partial charge in [0.05, 0.1) is 19.1 Å². The molecule has 1 saturated heterocycles. The van der Waals surface area contributed by atoms with Gasteiger partial charge in [0, 0.05) is 12.6 Å². The van der Waals surface area contributed by atoms with Crippen molar-refractivity contribution in [2.45, 2.75) is 32.2 Å². The summed E-state index contributed by atoms with van der Waals surface area (Å²) < 4.78 is 6.97. The van der Waals surface area contributed by atoms with Crippen molar-refractivity contribution in [1.82, 2.24) is 14.9 Å². The number of hydrogen-bond acceptors (Lipinski definition) is 4. The Bertz CT molecular complexity index is 368. The van der Waals surface area contributed by atoms with Crippen LogP contribution in [0.4, 0.5) is 0 Å². The van der Waals surface area contributed by atoms with E-state index >= 15 is 0 Å². The summed E-state index contributed by atoms with van der Waals surface area (Å²) in [7, 11) is 0. The van der Waals surface area contributed by atoms with Crippen LogP contribution in [0.3, 0.4) is 0 Å². The standard InChI is InChI=1S/C12H19N3O2/c1-2-17-12(16)11-8-14-9-15(11)10-5-3-4-6-13-7-10/h8-10,13H,2-7H2,1H3. The first-order valence-electron chi connectivity index (χ1n) is 6.22. The summed E-state index contributed by atoms with van der Waals surface area (Å²) in [6.45, 7) is 4.15. The third-order valence-corrected chi connectivity index (χ3v) is 3.06. The Balaban J connectivity index is 2.14. The zero-order valence-electron chi connectivity index (χ0n) is 10.2. The predicted octanol–water partition coefficient (Wildman–Crippen LogP) is 1.37. The highest BCUT2D eigenvalue weighted by Gasteiger charge is 2.20. The molecule has 0 aromatic carbocycles. The third kappa shape index (κ3) is 2.85. The van der Waals surface area contributed by atoms with Gasteiger partial charge >= 0.3 is 5.97 Å². The summed E-state index contributed by atoms with van der Waals surface area (Å²) in [6, 6.07) is 0.305. The van der Waals surface area contributed by atoms with Gasteiger partial charge < -0.3 is 14.6 Å². The van der Waals surface area contributed by atoms with Gasteiger partial charge in [-0.3, -0.25) is 0 Å². The van der Waals surface area contributed by atoms with E-state index < -0.39 is 0 Å². The molecule has 0 aliphatic carbocycles. The summed E-state index contributed by atoms with van der Waals surface area (Å²) in [5.41, 5.74) is 0.556. The maximum atomic E-state index is 11.8. The van der Waals surface area contributed by atoms with Crippen LogP contribution in [0.25, 0.3) is 0 Å². The molecular weight excluding hydrogens is 218 g/mol. The van der Waals surface area contributed by atoms with Gasteiger partial charge in [-0.25, -0.2) is 9.78 Å². The van der Waals surface area contributed by atoms with Gasteiger partial charge in [-0.1, -0.05) is 6.42 Å². The molecule has 1 fully saturated rings. The van der Waals surface area contributed by atoms with Crippen LogP contribution in [0.5, 0.6) is 0 Å². The number of carbonyl (C=O) groups is 1. The van der Waals surface area contributed by atoms with E-state index in [4.69, 9.17) is 4.74 Å². The average molecular weight is 237 g/mol. The highest BCUT2D eigenvalue weighted by atomic mass is 16.5. The van der Waals surface area contributed by atoms with E-state index in [1.807, 2.05) is 11.5 Å². The van der Waals surface area contributed by atoms with Gasteiger partial charge in [-0.15, -0.1) is 0 Å². The summed E-state index contributed by atoms with van der Waals surface area (Å²) in [5, 5.41) is 3.38. The van der Waals surface area contributed by atoms with E-state index in [0.29, 0.717) is 18.3 Å². The molecule has 5 heteroatoms. The first-order chi connectivity index (χ1) is 8.33. The number of nitrogens with zero attached hydrogens (tertiary/aromatic N) is 2. The van der Waals surface area contributed by atoms with E-state index in [1.165, 1.54) is 12.8 Å². The fourth-order valence-corrected chi connectivity index (χ4v) is 2.20. The van der Waals surface area contributed by atoms with Crippen LogP contribution < -0.4 is 5.32 Å². The molecule has 0 bridgehead atoms. The van der Waals surface area contributed by atoms with E-state index in [9.17, 15) is 4.79 Å². The molecule has 2 rings (SSSR count). The number of nitrogens with one attached hydrogen (secondary N) is 1. The second-order valence-electron chi connectivity index (χ2n) is 4.26. The molecule has 1 aliphatic rings. The average Bonchev–Trinajstić information content (AvgIpc) is 2.65. The molecule has 1 atom stereocenters. The SMILES string of the molecule is CCOC(=O)c1cncn1C1CCCCNC1. The van der Waals surface area contributed by atoms with Crippen LogP contribution in [-0.4, -0.2) is 35.2 Å². The smallest absolute Gasteiger partial charge is 0.356 e. The molecule has 94 valence electrons. The molecule has 5 nitrogen and oxygen atoms in total. The van der Waals surface area contributed by atoms with Gasteiger partial charge in [0.2, 0.25) is 0 Å². The number of esters is 1. The number of hydrogen-bond donors (Lipinski definition) is 1. The molecule has 17 heavy (non-hydrogen) atoms. The van der Waals surface area contributed by atoms with Crippen LogP contribution in [0.2, 0.25) is 0 Å². The van der Waals surface area contributed by atoms with Crippen molar-refractivity contribution in [2.75, 3.05) is 19.7 Å². The Morgan fingerprint density at radius 2 is 2.53 bits per heavy atom. The second-order valence-corrected chi connectivity index (χ2v) is 4.26. The topological polar surface area (TPSA) is 56.1 Å². The van der Waals surface area contributed by atoms with Crippen molar-refractivity contribution < 1.29 is 9.53 Å². The molecule has 1 aromatic heterocycles. The lowest BCUT2D eigenvalue weighted by atomic mass is 10.1. The van der Waals surface area contributed by atoms with E-state index in [0.717, 1.165) is 19.5 Å². The largest absolute Gasteiger partial charge is 0.461 e. The van der Waals surface area contributed by atoms with Crippen LogP contribution in [0.1, 0.15) is 42.7 Å². The van der Waals surface area contributed by atoms with Crippen molar-refractivity contribution in [3.8, 4) is 0 Å². The minimum absolute atomic E-state index is 0.283. The van der Waals surface area contributed by atoms with Crippen molar-refractivity contribution in [3.63, 3.8) is 0 Å². The molecule has 2 heterocycles. The molecule has 1 N–H and O–H groups in total. The van der Waals surface area contributed by atoms with Gasteiger partial charge in [-0.05, 0) is 26.3 Å². The number of imidazole rings is 1. The number of rotatable bonds is 3. The second kappa shape index (κ2) is 5.82. The lowest BCUT2D eigenvalue weighted by molar-refractivity contribution is 0.0511. The Hall–Kier alpha value is -1.36.